The first kappa shape index (κ1) is 18.8. The van der Waals surface area contributed by atoms with Crippen LogP contribution in [-0.4, -0.2) is 10.9 Å². The predicted octanol–water partition coefficient (Wildman–Crippen LogP) is 5.78. The average Bonchev–Trinajstić information content (AvgIpc) is 3.25. The van der Waals surface area contributed by atoms with Gasteiger partial charge in [-0.1, -0.05) is 36.4 Å². The molecule has 0 spiro atoms. The quantitative estimate of drug-likeness (QED) is 0.443. The Morgan fingerprint density at radius 2 is 1.69 bits per heavy atom. The Labute approximate surface area is 171 Å². The maximum Gasteiger partial charge on any atom is 0.275 e. The summed E-state index contributed by atoms with van der Waals surface area (Å²) in [5.41, 5.74) is 2.48. The molecule has 0 saturated carbocycles. The number of hydrogen-bond donors (Lipinski definition) is 1. The highest BCUT2D eigenvalue weighted by Crippen LogP contribution is 2.26. The predicted molar refractivity (Wildman–Crippen MR) is 113 cm³/mol. The van der Waals surface area contributed by atoms with E-state index < -0.39 is 0 Å². The van der Waals surface area contributed by atoms with Crippen LogP contribution in [0.3, 0.4) is 0 Å². The zero-order chi connectivity index (χ0) is 20.1. The molecule has 4 nitrogen and oxygen atoms in total. The molecule has 1 aromatic heterocycles. The first-order valence-corrected chi connectivity index (χ1v) is 9.85. The summed E-state index contributed by atoms with van der Waals surface area (Å²) < 4.78 is 19.3. The smallest absolute Gasteiger partial charge is 0.275 e. The van der Waals surface area contributed by atoms with Gasteiger partial charge in [0.05, 0.1) is 0 Å². The topological polar surface area (TPSA) is 51.2 Å². The third-order valence-electron chi connectivity index (χ3n) is 4.22. The van der Waals surface area contributed by atoms with Gasteiger partial charge in [-0.3, -0.25) is 4.79 Å². The number of carbonyl (C=O) groups is 1. The lowest BCUT2D eigenvalue weighted by Gasteiger charge is -2.07. The fraction of sp³-hybridized carbons (Fsp3) is 0.0435. The van der Waals surface area contributed by atoms with Gasteiger partial charge in [-0.05, 0) is 42.5 Å². The Morgan fingerprint density at radius 3 is 2.45 bits per heavy atom. The third-order valence-corrected chi connectivity index (χ3v) is 5.11. The monoisotopic (exact) mass is 404 g/mol. The number of benzene rings is 3. The van der Waals surface area contributed by atoms with Crippen molar-refractivity contribution < 1.29 is 13.9 Å². The number of amides is 1. The maximum atomic E-state index is 13.7. The number of aromatic nitrogens is 1. The van der Waals surface area contributed by atoms with Crippen molar-refractivity contribution in [3.8, 4) is 16.3 Å². The molecule has 0 fully saturated rings. The molecule has 0 aliphatic heterocycles. The van der Waals surface area contributed by atoms with Crippen molar-refractivity contribution in [3.05, 3.63) is 101 Å². The van der Waals surface area contributed by atoms with Crippen LogP contribution in [0, 0.1) is 5.82 Å². The zero-order valence-corrected chi connectivity index (χ0v) is 16.2. The van der Waals surface area contributed by atoms with Crippen molar-refractivity contribution in [2.45, 2.75) is 6.61 Å². The van der Waals surface area contributed by atoms with Gasteiger partial charge in [0.25, 0.3) is 5.91 Å². The number of para-hydroxylation sites is 1. The van der Waals surface area contributed by atoms with E-state index in [1.165, 1.54) is 17.4 Å². The van der Waals surface area contributed by atoms with E-state index in [9.17, 15) is 9.18 Å². The van der Waals surface area contributed by atoms with Gasteiger partial charge in [0.2, 0.25) is 0 Å². The molecule has 1 N–H and O–H groups in total. The third kappa shape index (κ3) is 4.67. The lowest BCUT2D eigenvalue weighted by atomic mass is 10.2. The van der Waals surface area contributed by atoms with Gasteiger partial charge in [-0.2, -0.15) is 0 Å². The minimum atomic E-state index is -0.284. The van der Waals surface area contributed by atoms with Crippen LogP contribution < -0.4 is 10.1 Å². The highest BCUT2D eigenvalue weighted by molar-refractivity contribution is 7.13. The molecule has 1 heterocycles. The number of ether oxygens (including phenoxy) is 1. The van der Waals surface area contributed by atoms with Gasteiger partial charge in [0, 0.05) is 22.2 Å². The maximum absolute atomic E-state index is 13.7. The van der Waals surface area contributed by atoms with E-state index in [2.05, 4.69) is 10.3 Å². The number of nitrogens with one attached hydrogen (secondary N) is 1. The number of halogens is 1. The van der Waals surface area contributed by atoms with E-state index in [1.807, 2.05) is 42.5 Å². The van der Waals surface area contributed by atoms with Crippen LogP contribution in [0.1, 0.15) is 16.1 Å². The van der Waals surface area contributed by atoms with E-state index in [4.69, 9.17) is 4.74 Å². The van der Waals surface area contributed by atoms with Crippen molar-refractivity contribution >= 4 is 22.9 Å². The first-order chi connectivity index (χ1) is 14.2. The first-order valence-electron chi connectivity index (χ1n) is 8.97. The molecule has 4 aromatic rings. The van der Waals surface area contributed by atoms with E-state index in [0.29, 0.717) is 17.0 Å². The Balaban J connectivity index is 1.40. The number of hydrogen-bond acceptors (Lipinski definition) is 4. The van der Waals surface area contributed by atoms with E-state index in [-0.39, 0.29) is 18.3 Å². The lowest BCUT2D eigenvalue weighted by molar-refractivity contribution is 0.102. The molecule has 0 aliphatic carbocycles. The molecule has 0 radical (unpaired) electrons. The molecule has 0 bridgehead atoms. The molecular weight excluding hydrogens is 387 g/mol. The zero-order valence-electron chi connectivity index (χ0n) is 15.3. The van der Waals surface area contributed by atoms with Gasteiger partial charge < -0.3 is 10.1 Å². The normalized spacial score (nSPS) is 10.5. The summed E-state index contributed by atoms with van der Waals surface area (Å²) in [6.45, 7) is 0.160. The molecule has 0 aliphatic rings. The molecule has 0 unspecified atom stereocenters. The Bertz CT molecular complexity index is 1110. The van der Waals surface area contributed by atoms with Crippen molar-refractivity contribution in [1.82, 2.24) is 4.98 Å². The minimum Gasteiger partial charge on any atom is -0.489 e. The van der Waals surface area contributed by atoms with Crippen molar-refractivity contribution in [2.75, 3.05) is 5.32 Å². The molecule has 0 atom stereocenters. The molecule has 144 valence electrons. The minimum absolute atomic E-state index is 0.160. The van der Waals surface area contributed by atoms with Crippen LogP contribution in [0.2, 0.25) is 0 Å². The number of carbonyl (C=O) groups excluding carboxylic acids is 1. The fourth-order valence-electron chi connectivity index (χ4n) is 2.70. The summed E-state index contributed by atoms with van der Waals surface area (Å²) in [4.78, 5) is 16.8. The largest absolute Gasteiger partial charge is 0.489 e. The van der Waals surface area contributed by atoms with Crippen LogP contribution in [0.15, 0.2) is 84.2 Å². The Kier molecular flexibility index (Phi) is 5.63. The Morgan fingerprint density at radius 1 is 0.966 bits per heavy atom. The van der Waals surface area contributed by atoms with Crippen LogP contribution >= 0.6 is 11.3 Å². The van der Waals surface area contributed by atoms with E-state index in [0.717, 1.165) is 16.3 Å². The van der Waals surface area contributed by atoms with Gasteiger partial charge >= 0.3 is 0 Å². The summed E-state index contributed by atoms with van der Waals surface area (Å²) in [6, 6.07) is 23.1. The summed E-state index contributed by atoms with van der Waals surface area (Å²) >= 11 is 1.40. The summed E-state index contributed by atoms with van der Waals surface area (Å²) in [6.07, 6.45) is 0. The van der Waals surface area contributed by atoms with E-state index in [1.54, 1.807) is 35.7 Å². The van der Waals surface area contributed by atoms with Crippen LogP contribution in [0.4, 0.5) is 10.1 Å². The Hall–Kier alpha value is -3.51. The number of nitrogens with zero attached hydrogens (tertiary/aromatic N) is 1. The highest BCUT2D eigenvalue weighted by atomic mass is 32.1. The van der Waals surface area contributed by atoms with Crippen LogP contribution in [-0.2, 0) is 6.61 Å². The second-order valence-corrected chi connectivity index (χ2v) is 7.12. The second kappa shape index (κ2) is 8.67. The number of anilines is 1. The highest BCUT2D eigenvalue weighted by Gasteiger charge is 2.12. The van der Waals surface area contributed by atoms with Gasteiger partial charge in [-0.15, -0.1) is 11.3 Å². The lowest BCUT2D eigenvalue weighted by Crippen LogP contribution is -2.12. The molecule has 29 heavy (non-hydrogen) atoms. The van der Waals surface area contributed by atoms with Crippen LogP contribution in [0.25, 0.3) is 10.6 Å². The number of rotatable bonds is 6. The summed E-state index contributed by atoms with van der Waals surface area (Å²) in [5.74, 6) is 0.104. The van der Waals surface area contributed by atoms with Crippen molar-refractivity contribution in [2.24, 2.45) is 0 Å². The molecule has 0 saturated heterocycles. The fourth-order valence-corrected chi connectivity index (χ4v) is 3.50. The van der Waals surface area contributed by atoms with E-state index >= 15 is 0 Å². The number of thiazole rings is 1. The van der Waals surface area contributed by atoms with Crippen molar-refractivity contribution in [3.63, 3.8) is 0 Å². The van der Waals surface area contributed by atoms with Gasteiger partial charge in [0.15, 0.2) is 0 Å². The molecule has 1 amide bonds. The molecule has 4 rings (SSSR count). The van der Waals surface area contributed by atoms with Gasteiger partial charge in [-0.25, -0.2) is 9.37 Å². The standard InChI is InChI=1S/C23H17FN2O2S/c24-20-9-5-4-6-17(20)14-28-19-12-10-16(11-13-19)23-26-21(15-29-23)22(27)25-18-7-2-1-3-8-18/h1-13,15H,14H2,(H,25,27). The SMILES string of the molecule is O=C(Nc1ccccc1)c1csc(-c2ccc(OCc3ccccc3F)cc2)n1. The second-order valence-electron chi connectivity index (χ2n) is 6.26. The summed E-state index contributed by atoms with van der Waals surface area (Å²) in [5, 5.41) is 5.30. The summed E-state index contributed by atoms with van der Waals surface area (Å²) in [7, 11) is 0. The molecular formula is C23H17FN2O2S. The molecule has 3 aromatic carbocycles. The van der Waals surface area contributed by atoms with Gasteiger partial charge in [0.1, 0.15) is 28.9 Å². The molecule has 6 heteroatoms. The van der Waals surface area contributed by atoms with Crippen molar-refractivity contribution in [1.29, 1.82) is 0 Å². The average molecular weight is 404 g/mol. The van der Waals surface area contributed by atoms with Crippen LogP contribution in [0.5, 0.6) is 5.75 Å².